The lowest BCUT2D eigenvalue weighted by Crippen LogP contribution is -2.15. The average molecular weight is 1760 g/mol. The predicted octanol–water partition coefficient (Wildman–Crippen LogP) is 31.0. The molecule has 0 amide bonds. The van der Waals surface area contributed by atoms with Gasteiger partial charge in [-0.1, -0.05) is 289 Å². The van der Waals surface area contributed by atoms with E-state index < -0.39 is 0 Å². The minimum Gasteiger partial charge on any atom is -0.279 e. The molecule has 644 valence electrons. The van der Waals surface area contributed by atoms with Gasteiger partial charge < -0.3 is 0 Å². The summed E-state index contributed by atoms with van der Waals surface area (Å²) < 4.78 is 27.0. The van der Waals surface area contributed by atoms with Crippen molar-refractivity contribution in [3.63, 3.8) is 0 Å². The maximum absolute atomic E-state index is 13.6. The molecule has 0 radical (unpaired) electrons. The first-order valence-corrected chi connectivity index (χ1v) is 46.7. The molecular formula is C124H81FN12. The van der Waals surface area contributed by atoms with Crippen molar-refractivity contribution in [2.24, 2.45) is 0 Å². The van der Waals surface area contributed by atoms with E-state index in [1.165, 1.54) is 122 Å². The Hall–Kier alpha value is -17.8. The van der Waals surface area contributed by atoms with Crippen LogP contribution in [-0.4, -0.2) is 56.8 Å². The van der Waals surface area contributed by atoms with E-state index in [0.717, 1.165) is 156 Å². The van der Waals surface area contributed by atoms with Crippen LogP contribution in [0.2, 0.25) is 0 Å². The van der Waals surface area contributed by atoms with Crippen LogP contribution < -0.4 is 0 Å². The summed E-state index contributed by atoms with van der Waals surface area (Å²) in [5, 5.41) is 12.7. The molecule has 0 bridgehead atoms. The molecule has 0 saturated heterocycles. The predicted molar refractivity (Wildman–Crippen MR) is 561 cm³/mol. The van der Waals surface area contributed by atoms with Crippen molar-refractivity contribution in [3.05, 3.63) is 447 Å². The molecule has 28 aromatic rings. The van der Waals surface area contributed by atoms with Crippen LogP contribution in [0.3, 0.4) is 0 Å². The zero-order valence-electron chi connectivity index (χ0n) is 75.1. The number of para-hydroxylation sites is 12. The highest BCUT2D eigenvalue weighted by Gasteiger charge is 2.38. The van der Waals surface area contributed by atoms with Gasteiger partial charge in [-0.2, -0.15) is 0 Å². The van der Waals surface area contributed by atoms with Crippen LogP contribution in [0, 0.1) is 5.82 Å². The number of aromatic nitrogens is 12. The van der Waals surface area contributed by atoms with Crippen LogP contribution in [0.25, 0.3) is 244 Å². The van der Waals surface area contributed by atoms with Gasteiger partial charge in [-0.05, 0) is 258 Å². The van der Waals surface area contributed by atoms with Gasteiger partial charge in [-0.25, -0.2) is 34.3 Å². The zero-order valence-corrected chi connectivity index (χ0v) is 75.1. The van der Waals surface area contributed by atoms with E-state index in [1.54, 1.807) is 0 Å². The van der Waals surface area contributed by atoms with E-state index in [9.17, 15) is 4.39 Å². The molecule has 0 atom stereocenters. The van der Waals surface area contributed by atoms with Gasteiger partial charge in [0.15, 0.2) is 0 Å². The molecule has 12 nitrogen and oxygen atoms in total. The van der Waals surface area contributed by atoms with Crippen molar-refractivity contribution < 1.29 is 4.39 Å². The number of hydrogen-bond donors (Lipinski definition) is 0. The second-order valence-corrected chi connectivity index (χ2v) is 37.4. The summed E-state index contributed by atoms with van der Waals surface area (Å²) in [6, 6.07) is 148. The van der Waals surface area contributed by atoms with Crippen LogP contribution in [0.1, 0.15) is 49.9 Å². The van der Waals surface area contributed by atoms with Gasteiger partial charge in [0, 0.05) is 59.3 Å². The molecule has 19 aromatic carbocycles. The molecule has 30 rings (SSSR count). The fraction of sp³-hybridized carbons (Fsp3) is 0.0484. The number of halogens is 1. The summed E-state index contributed by atoms with van der Waals surface area (Å²) in [5.41, 5.74) is 38.1. The van der Waals surface area contributed by atoms with Gasteiger partial charge in [0.1, 0.15) is 22.8 Å². The third kappa shape index (κ3) is 11.7. The molecule has 0 spiro atoms. The zero-order chi connectivity index (χ0) is 90.8. The molecule has 0 unspecified atom stereocenters. The first kappa shape index (κ1) is 77.9. The molecule has 9 heterocycles. The number of fused-ring (bicyclic) bond motifs is 31. The summed E-state index contributed by atoms with van der Waals surface area (Å²) in [4.78, 5) is 31.1. The van der Waals surface area contributed by atoms with Crippen LogP contribution in [0.15, 0.2) is 419 Å². The molecule has 137 heavy (non-hydrogen) atoms. The van der Waals surface area contributed by atoms with Gasteiger partial charge in [-0.3, -0.25) is 26.9 Å². The van der Waals surface area contributed by atoms with Gasteiger partial charge in [0.05, 0.1) is 82.8 Å². The Kier molecular flexibility index (Phi) is 16.8. The largest absolute Gasteiger partial charge is 0.279 e. The Labute approximate surface area is 784 Å². The number of hydrogen-bond acceptors (Lipinski definition) is 6. The minimum absolute atomic E-state index is 0.0389. The number of rotatable bonds is 7. The van der Waals surface area contributed by atoms with Crippen LogP contribution in [0.4, 0.5) is 4.39 Å². The topological polar surface area (TPSA) is 105 Å². The fourth-order valence-corrected chi connectivity index (χ4v) is 22.6. The van der Waals surface area contributed by atoms with Crippen LogP contribution >= 0.6 is 0 Å². The van der Waals surface area contributed by atoms with Crippen molar-refractivity contribution in [3.8, 4) is 84.6 Å². The summed E-state index contributed by atoms with van der Waals surface area (Å²) in [5.74, 6) is 2.23. The van der Waals surface area contributed by atoms with E-state index in [-0.39, 0.29) is 16.6 Å². The van der Waals surface area contributed by atoms with Crippen molar-refractivity contribution in [1.29, 1.82) is 0 Å². The molecule has 9 aromatic heterocycles. The fourth-order valence-electron chi connectivity index (χ4n) is 22.6. The second-order valence-electron chi connectivity index (χ2n) is 37.4. The van der Waals surface area contributed by atoms with Crippen molar-refractivity contribution >= 4 is 159 Å². The first-order chi connectivity index (χ1) is 67.4. The van der Waals surface area contributed by atoms with Gasteiger partial charge >= 0.3 is 0 Å². The molecule has 13 heteroatoms. The Morgan fingerprint density at radius 3 is 0.891 bits per heavy atom. The first-order valence-electron chi connectivity index (χ1n) is 46.7. The van der Waals surface area contributed by atoms with E-state index >= 15 is 0 Å². The molecule has 0 fully saturated rings. The quantitative estimate of drug-likeness (QED) is 0.157. The maximum Gasteiger partial charge on any atom is 0.221 e. The monoisotopic (exact) mass is 1760 g/mol. The number of imidazole rings is 3. The minimum atomic E-state index is -0.236. The molecular weight excluding hydrogens is 1680 g/mol. The second kappa shape index (κ2) is 29.6. The normalized spacial score (nSPS) is 13.1. The highest BCUT2D eigenvalue weighted by molar-refractivity contribution is 6.15. The van der Waals surface area contributed by atoms with E-state index in [0.29, 0.717) is 0 Å². The highest BCUT2D eigenvalue weighted by atomic mass is 19.1. The third-order valence-corrected chi connectivity index (χ3v) is 29.2. The Balaban J connectivity index is 0.000000104. The van der Waals surface area contributed by atoms with E-state index in [1.807, 2.05) is 66.7 Å². The summed E-state index contributed by atoms with van der Waals surface area (Å²) in [6.07, 6.45) is 0. The lowest BCUT2D eigenvalue weighted by Gasteiger charge is -2.23. The molecule has 0 saturated carbocycles. The number of nitrogens with zero attached hydrogens (tertiary/aromatic N) is 12. The van der Waals surface area contributed by atoms with Crippen molar-refractivity contribution in [2.45, 2.75) is 38.5 Å². The van der Waals surface area contributed by atoms with Crippen molar-refractivity contribution in [1.82, 2.24) is 56.8 Å². The lowest BCUT2D eigenvalue weighted by molar-refractivity contribution is 0.628. The van der Waals surface area contributed by atoms with Crippen molar-refractivity contribution in [2.75, 3.05) is 0 Å². The Morgan fingerprint density at radius 1 is 0.190 bits per heavy atom. The molecule has 2 aliphatic carbocycles. The van der Waals surface area contributed by atoms with E-state index in [2.05, 4.69) is 394 Å². The Morgan fingerprint density at radius 2 is 0.467 bits per heavy atom. The summed E-state index contributed by atoms with van der Waals surface area (Å²) >= 11 is 0. The summed E-state index contributed by atoms with van der Waals surface area (Å²) in [7, 11) is 0. The molecule has 2 aliphatic rings. The number of benzene rings is 19. The standard InChI is InChI=1S/C51H34N4.C41H28N4.C32H19FN4/c1-51(2)42-29-33(22-25-37(42)38-26-23-34(30-43(38)51)36-17-11-13-31-12-3-4-14-35(31)36)32-24-27-47-41(28-32)39-15-6-9-20-46(39)54(47)50-53-44-18-7-5-16-40(44)49-52-45-19-8-10-21-48(45)55(49)50;1-41(2)32-14-6-3-11-27(32)28-21-19-26(24-33(28)41)25-20-22-37-31(23-25)29-12-5-9-17-36(29)44(37)40-43-34-15-7-4-13-30(34)39-42-35-16-8-10-18-38(35)45(39)40;33-22-16-13-20(14-17-22)21-15-18-29-25(19-21)23-7-2-5-11-28(23)36(29)32-35-26-9-3-1-8-24(26)31-34-27-10-4-6-12-30(27)37(31)32/h3-30H,1-2H3;3-24H,1-2H3;1-19H. The van der Waals surface area contributed by atoms with Gasteiger partial charge in [0.25, 0.3) is 0 Å². The molecule has 0 N–H and O–H groups in total. The Bertz CT molecular complexity index is 10000. The van der Waals surface area contributed by atoms with Gasteiger partial charge in [0.2, 0.25) is 17.8 Å². The summed E-state index contributed by atoms with van der Waals surface area (Å²) in [6.45, 7) is 9.44. The van der Waals surface area contributed by atoms with Crippen LogP contribution in [-0.2, 0) is 10.8 Å². The third-order valence-electron chi connectivity index (χ3n) is 29.2. The molecule has 0 aliphatic heterocycles. The smallest absolute Gasteiger partial charge is 0.221 e. The lowest BCUT2D eigenvalue weighted by atomic mass is 9.80. The van der Waals surface area contributed by atoms with E-state index in [4.69, 9.17) is 29.9 Å². The highest BCUT2D eigenvalue weighted by Crippen LogP contribution is 2.54. The van der Waals surface area contributed by atoms with Crippen LogP contribution in [0.5, 0.6) is 0 Å². The SMILES string of the molecule is CC1(C)c2cc(-c3ccc4c(c3)c3ccccc3n4-c3nc4ccccc4c4nc5ccccc5n34)ccc2-c2ccc(-c3cccc4ccccc34)cc21.CC1(C)c2ccccc2-c2ccc(-c3ccc4c(c3)c3ccccc3n4-c3nc4ccccc4c4nc5ccccc5n34)cc21.Fc1ccc(-c2ccc3c(c2)c2ccccc2n3-c2nc3ccccc3c3nc4ccccc4n23)cc1. The van der Waals surface area contributed by atoms with Gasteiger partial charge in [-0.15, -0.1) is 0 Å². The maximum atomic E-state index is 13.6. The average Bonchev–Trinajstić information content (AvgIpc) is 1.69.